The van der Waals surface area contributed by atoms with Crippen LogP contribution in [0.2, 0.25) is 0 Å². The first-order valence-corrected chi connectivity index (χ1v) is 8.95. The molecule has 2 aromatic carbocycles. The highest BCUT2D eigenvalue weighted by Gasteiger charge is 2.16. The number of nitrogens with zero attached hydrogens (tertiary/aromatic N) is 2. The molecule has 1 N–H and O–H groups in total. The van der Waals surface area contributed by atoms with Gasteiger partial charge in [0.05, 0.1) is 10.9 Å². The smallest absolute Gasteiger partial charge is 0.138 e. The van der Waals surface area contributed by atoms with Gasteiger partial charge in [-0.3, -0.25) is 0 Å². The van der Waals surface area contributed by atoms with Crippen LogP contribution in [-0.2, 0) is 4.74 Å². The molecule has 128 valence electrons. The fraction of sp³-hybridized carbons (Fsp3) is 0.333. The molecule has 0 aliphatic carbocycles. The molecule has 1 saturated heterocycles. The van der Waals surface area contributed by atoms with Gasteiger partial charge >= 0.3 is 0 Å². The summed E-state index contributed by atoms with van der Waals surface area (Å²) in [6.07, 6.45) is 2.22. The van der Waals surface area contributed by atoms with Crippen molar-refractivity contribution in [1.29, 1.82) is 0 Å². The van der Waals surface area contributed by atoms with Crippen LogP contribution in [0.4, 0.5) is 5.82 Å². The lowest BCUT2D eigenvalue weighted by molar-refractivity contribution is 0.0699. The monoisotopic (exact) mass is 333 g/mol. The van der Waals surface area contributed by atoms with Gasteiger partial charge in [0.25, 0.3) is 0 Å². The van der Waals surface area contributed by atoms with E-state index in [9.17, 15) is 0 Å². The average molecular weight is 333 g/mol. The molecule has 4 heteroatoms. The summed E-state index contributed by atoms with van der Waals surface area (Å²) in [4.78, 5) is 9.36. The number of hydrogen-bond donors (Lipinski definition) is 1. The molecule has 1 aliphatic heterocycles. The van der Waals surface area contributed by atoms with Crippen molar-refractivity contribution in [3.63, 3.8) is 0 Å². The summed E-state index contributed by atoms with van der Waals surface area (Å²) < 4.78 is 5.46. The highest BCUT2D eigenvalue weighted by Crippen LogP contribution is 2.32. The predicted molar refractivity (Wildman–Crippen MR) is 102 cm³/mol. The Balaban J connectivity index is 1.74. The highest BCUT2D eigenvalue weighted by atomic mass is 16.5. The second-order valence-electron chi connectivity index (χ2n) is 6.62. The topological polar surface area (TPSA) is 47.0 Å². The Labute approximate surface area is 148 Å². The Morgan fingerprint density at radius 3 is 2.60 bits per heavy atom. The van der Waals surface area contributed by atoms with E-state index in [2.05, 4.69) is 52.8 Å². The first-order valence-electron chi connectivity index (χ1n) is 8.95. The molecule has 0 amide bonds. The van der Waals surface area contributed by atoms with Gasteiger partial charge in [0.15, 0.2) is 0 Å². The number of ether oxygens (including phenoxy) is 1. The Morgan fingerprint density at radius 2 is 1.80 bits per heavy atom. The summed E-state index contributed by atoms with van der Waals surface area (Å²) in [6, 6.07) is 16.7. The van der Waals surface area contributed by atoms with Gasteiger partial charge in [0.1, 0.15) is 11.6 Å². The summed E-state index contributed by atoms with van der Waals surface area (Å²) >= 11 is 0. The molecule has 25 heavy (non-hydrogen) atoms. The lowest BCUT2D eigenvalue weighted by atomic mass is 9.99. The van der Waals surface area contributed by atoms with Gasteiger partial charge in [-0.1, -0.05) is 42.5 Å². The number of anilines is 1. The van der Waals surface area contributed by atoms with E-state index in [4.69, 9.17) is 9.72 Å². The molecule has 0 bridgehead atoms. The third-order valence-corrected chi connectivity index (χ3v) is 4.82. The van der Waals surface area contributed by atoms with E-state index in [1.807, 2.05) is 13.0 Å². The third kappa shape index (κ3) is 3.49. The van der Waals surface area contributed by atoms with E-state index in [1.165, 1.54) is 11.1 Å². The highest BCUT2D eigenvalue weighted by molar-refractivity contribution is 6.01. The number of fused-ring (bicyclic) bond motifs is 1. The maximum atomic E-state index is 5.46. The summed E-state index contributed by atoms with van der Waals surface area (Å²) in [5.41, 5.74) is 3.35. The lowest BCUT2D eigenvalue weighted by Gasteiger charge is -2.23. The summed E-state index contributed by atoms with van der Waals surface area (Å²) in [6.45, 7) is 4.61. The number of nitrogens with one attached hydrogen (secondary N) is 1. The molecular formula is C21H23N3O. The van der Waals surface area contributed by atoms with Crippen LogP contribution in [0.3, 0.4) is 0 Å². The van der Waals surface area contributed by atoms with Crippen molar-refractivity contribution in [2.75, 3.05) is 25.1 Å². The van der Waals surface area contributed by atoms with Gasteiger partial charge < -0.3 is 10.1 Å². The molecule has 1 aliphatic rings. The van der Waals surface area contributed by atoms with Crippen LogP contribution < -0.4 is 5.32 Å². The minimum atomic E-state index is 0.642. The van der Waals surface area contributed by atoms with E-state index in [-0.39, 0.29) is 0 Å². The van der Waals surface area contributed by atoms with Crippen molar-refractivity contribution in [3.05, 3.63) is 54.4 Å². The SMILES string of the molecule is Cc1nc(NCC2CCOCC2)c2c(-c3ccccc3)cccc2n1. The summed E-state index contributed by atoms with van der Waals surface area (Å²) in [5.74, 6) is 2.38. The van der Waals surface area contributed by atoms with Crippen molar-refractivity contribution in [2.45, 2.75) is 19.8 Å². The van der Waals surface area contributed by atoms with Crippen LogP contribution in [0, 0.1) is 12.8 Å². The Bertz CT molecular complexity index is 858. The minimum Gasteiger partial charge on any atom is -0.381 e. The summed E-state index contributed by atoms with van der Waals surface area (Å²) in [5, 5.41) is 4.70. The molecule has 1 aromatic heterocycles. The quantitative estimate of drug-likeness (QED) is 0.766. The van der Waals surface area contributed by atoms with Gasteiger partial charge in [0, 0.05) is 19.8 Å². The third-order valence-electron chi connectivity index (χ3n) is 4.82. The summed E-state index contributed by atoms with van der Waals surface area (Å²) in [7, 11) is 0. The predicted octanol–water partition coefficient (Wildman–Crippen LogP) is 4.44. The van der Waals surface area contributed by atoms with Crippen LogP contribution >= 0.6 is 0 Å². The largest absolute Gasteiger partial charge is 0.381 e. The fourth-order valence-corrected chi connectivity index (χ4v) is 3.48. The standard InChI is InChI=1S/C21H23N3O/c1-15-23-19-9-5-8-18(17-6-3-2-4-7-17)20(19)21(24-15)22-14-16-10-12-25-13-11-16/h2-9,16H,10-14H2,1H3,(H,22,23,24). The Kier molecular flexibility index (Phi) is 4.61. The Hall–Kier alpha value is -2.46. The van der Waals surface area contributed by atoms with Gasteiger partial charge in [-0.15, -0.1) is 0 Å². The maximum Gasteiger partial charge on any atom is 0.138 e. The lowest BCUT2D eigenvalue weighted by Crippen LogP contribution is -2.23. The molecule has 0 spiro atoms. The van der Waals surface area contributed by atoms with Crippen LogP contribution in [0.1, 0.15) is 18.7 Å². The van der Waals surface area contributed by atoms with E-state index in [0.717, 1.165) is 55.1 Å². The normalized spacial score (nSPS) is 15.4. The second-order valence-corrected chi connectivity index (χ2v) is 6.62. The van der Waals surface area contributed by atoms with Gasteiger partial charge in [-0.05, 0) is 42.9 Å². The zero-order valence-electron chi connectivity index (χ0n) is 14.5. The molecule has 2 heterocycles. The zero-order valence-corrected chi connectivity index (χ0v) is 14.5. The molecule has 3 aromatic rings. The van der Waals surface area contributed by atoms with Crippen LogP contribution in [0.5, 0.6) is 0 Å². The zero-order chi connectivity index (χ0) is 17.1. The van der Waals surface area contributed by atoms with Gasteiger partial charge in [0.2, 0.25) is 0 Å². The van der Waals surface area contributed by atoms with Crippen molar-refractivity contribution in [2.24, 2.45) is 5.92 Å². The van der Waals surface area contributed by atoms with Crippen molar-refractivity contribution in [1.82, 2.24) is 9.97 Å². The number of rotatable bonds is 4. The molecule has 1 fully saturated rings. The molecule has 4 rings (SSSR count). The first kappa shape index (κ1) is 16.0. The number of hydrogen-bond acceptors (Lipinski definition) is 4. The molecule has 0 saturated carbocycles. The van der Waals surface area contributed by atoms with Crippen molar-refractivity contribution >= 4 is 16.7 Å². The van der Waals surface area contributed by atoms with E-state index in [1.54, 1.807) is 0 Å². The van der Waals surface area contributed by atoms with E-state index in [0.29, 0.717) is 5.92 Å². The molecule has 0 radical (unpaired) electrons. The van der Waals surface area contributed by atoms with Crippen LogP contribution in [0.25, 0.3) is 22.0 Å². The van der Waals surface area contributed by atoms with E-state index < -0.39 is 0 Å². The Morgan fingerprint density at radius 1 is 1.00 bits per heavy atom. The average Bonchev–Trinajstić information content (AvgIpc) is 2.67. The molecule has 0 atom stereocenters. The second kappa shape index (κ2) is 7.19. The van der Waals surface area contributed by atoms with Gasteiger partial charge in [-0.2, -0.15) is 0 Å². The van der Waals surface area contributed by atoms with Gasteiger partial charge in [-0.25, -0.2) is 9.97 Å². The van der Waals surface area contributed by atoms with Crippen molar-refractivity contribution < 1.29 is 4.74 Å². The first-order chi connectivity index (χ1) is 12.3. The molecule has 4 nitrogen and oxygen atoms in total. The number of aromatic nitrogens is 2. The minimum absolute atomic E-state index is 0.642. The van der Waals surface area contributed by atoms with Crippen molar-refractivity contribution in [3.8, 4) is 11.1 Å². The number of aryl methyl sites for hydroxylation is 1. The molecule has 0 unspecified atom stereocenters. The molecular weight excluding hydrogens is 310 g/mol. The van der Waals surface area contributed by atoms with E-state index >= 15 is 0 Å². The maximum absolute atomic E-state index is 5.46. The number of benzene rings is 2. The van der Waals surface area contributed by atoms with Crippen LogP contribution in [-0.4, -0.2) is 29.7 Å². The fourth-order valence-electron chi connectivity index (χ4n) is 3.48. The van der Waals surface area contributed by atoms with Crippen LogP contribution in [0.15, 0.2) is 48.5 Å².